The van der Waals surface area contributed by atoms with Crippen LogP contribution in [0.15, 0.2) is 17.5 Å². The SMILES string of the molecule is C[C@@H]1CCCCN1C(=O)COC(=O)CNC(=O)c1cccs1. The summed E-state index contributed by atoms with van der Waals surface area (Å²) in [5.74, 6) is -1.10. The van der Waals surface area contributed by atoms with Gasteiger partial charge in [-0.05, 0) is 37.6 Å². The van der Waals surface area contributed by atoms with Crippen molar-refractivity contribution in [3.63, 3.8) is 0 Å². The lowest BCUT2D eigenvalue weighted by atomic mass is 10.0. The molecule has 22 heavy (non-hydrogen) atoms. The Kier molecular flexibility index (Phi) is 5.94. The third-order valence-electron chi connectivity index (χ3n) is 3.62. The molecule has 120 valence electrons. The summed E-state index contributed by atoms with van der Waals surface area (Å²) < 4.78 is 4.93. The minimum Gasteiger partial charge on any atom is -0.454 e. The van der Waals surface area contributed by atoms with Crippen LogP contribution in [0.25, 0.3) is 0 Å². The number of nitrogens with one attached hydrogen (secondary N) is 1. The summed E-state index contributed by atoms with van der Waals surface area (Å²) >= 11 is 1.30. The lowest BCUT2D eigenvalue weighted by Crippen LogP contribution is -2.44. The summed E-state index contributed by atoms with van der Waals surface area (Å²) in [4.78, 5) is 37.5. The van der Waals surface area contributed by atoms with E-state index in [-0.39, 0.29) is 31.0 Å². The molecule has 1 atom stereocenters. The largest absolute Gasteiger partial charge is 0.454 e. The number of hydrogen-bond donors (Lipinski definition) is 1. The van der Waals surface area contributed by atoms with Crippen LogP contribution >= 0.6 is 11.3 Å². The molecule has 0 unspecified atom stereocenters. The maximum Gasteiger partial charge on any atom is 0.325 e. The molecule has 0 bridgehead atoms. The molecule has 1 fully saturated rings. The van der Waals surface area contributed by atoms with Crippen molar-refractivity contribution < 1.29 is 19.1 Å². The van der Waals surface area contributed by atoms with Gasteiger partial charge < -0.3 is 15.0 Å². The summed E-state index contributed by atoms with van der Waals surface area (Å²) in [6.07, 6.45) is 3.09. The van der Waals surface area contributed by atoms with Crippen LogP contribution < -0.4 is 5.32 Å². The van der Waals surface area contributed by atoms with Crippen LogP contribution in [0.5, 0.6) is 0 Å². The molecule has 1 aliphatic rings. The zero-order valence-corrected chi connectivity index (χ0v) is 13.4. The predicted molar refractivity (Wildman–Crippen MR) is 82.6 cm³/mol. The molecule has 1 aliphatic heterocycles. The molecule has 1 N–H and O–H groups in total. The minimum absolute atomic E-state index is 0.176. The molecule has 7 heteroatoms. The number of carbonyl (C=O) groups excluding carboxylic acids is 3. The van der Waals surface area contributed by atoms with E-state index in [0.717, 1.165) is 19.3 Å². The molecule has 1 saturated heterocycles. The first-order valence-corrected chi connectivity index (χ1v) is 8.22. The summed E-state index contributed by atoms with van der Waals surface area (Å²) in [6.45, 7) is 2.21. The van der Waals surface area contributed by atoms with Gasteiger partial charge in [-0.25, -0.2) is 0 Å². The first kappa shape index (κ1) is 16.5. The fraction of sp³-hybridized carbons (Fsp3) is 0.533. The second-order valence-electron chi connectivity index (χ2n) is 5.25. The number of nitrogens with zero attached hydrogens (tertiary/aromatic N) is 1. The quantitative estimate of drug-likeness (QED) is 0.831. The standard InChI is InChI=1S/C15H20N2O4S/c1-11-5-2-3-7-17(11)13(18)10-21-14(19)9-16-15(20)12-6-4-8-22-12/h4,6,8,11H,2-3,5,7,9-10H2,1H3,(H,16,20)/t11-/m1/s1. The number of thiophene rings is 1. The predicted octanol–water partition coefficient (Wildman–Crippen LogP) is 1.42. The molecule has 2 heterocycles. The maximum atomic E-state index is 12.0. The van der Waals surface area contributed by atoms with Crippen molar-refractivity contribution in [1.29, 1.82) is 0 Å². The molecular weight excluding hydrogens is 304 g/mol. The van der Waals surface area contributed by atoms with E-state index in [0.29, 0.717) is 11.4 Å². The van der Waals surface area contributed by atoms with Gasteiger partial charge in [0.05, 0.1) is 4.88 Å². The van der Waals surface area contributed by atoms with Gasteiger partial charge in [0, 0.05) is 12.6 Å². The van der Waals surface area contributed by atoms with Gasteiger partial charge in [-0.15, -0.1) is 11.3 Å². The van der Waals surface area contributed by atoms with Gasteiger partial charge in [0.15, 0.2) is 6.61 Å². The van der Waals surface area contributed by atoms with E-state index in [4.69, 9.17) is 4.74 Å². The molecule has 0 aromatic carbocycles. The molecule has 1 aromatic rings. The van der Waals surface area contributed by atoms with Crippen LogP contribution in [-0.2, 0) is 14.3 Å². The monoisotopic (exact) mass is 324 g/mol. The number of likely N-dealkylation sites (tertiary alicyclic amines) is 1. The van der Waals surface area contributed by atoms with Crippen molar-refractivity contribution in [2.45, 2.75) is 32.2 Å². The fourth-order valence-corrected chi connectivity index (χ4v) is 3.03. The lowest BCUT2D eigenvalue weighted by molar-refractivity contribution is -0.152. The van der Waals surface area contributed by atoms with Crippen molar-refractivity contribution in [3.05, 3.63) is 22.4 Å². The van der Waals surface area contributed by atoms with Gasteiger partial charge in [0.1, 0.15) is 6.54 Å². The van der Waals surface area contributed by atoms with Crippen molar-refractivity contribution >= 4 is 29.1 Å². The number of carbonyl (C=O) groups is 3. The van der Waals surface area contributed by atoms with Crippen molar-refractivity contribution in [1.82, 2.24) is 10.2 Å². The number of amides is 2. The van der Waals surface area contributed by atoms with Crippen molar-refractivity contribution in [2.75, 3.05) is 19.7 Å². The van der Waals surface area contributed by atoms with Crippen molar-refractivity contribution in [2.24, 2.45) is 0 Å². The van der Waals surface area contributed by atoms with E-state index < -0.39 is 5.97 Å². The number of esters is 1. The Morgan fingerprint density at radius 2 is 2.23 bits per heavy atom. The van der Waals surface area contributed by atoms with Gasteiger partial charge in [-0.2, -0.15) is 0 Å². The summed E-state index contributed by atoms with van der Waals surface area (Å²) in [5, 5.41) is 4.25. The number of piperidine rings is 1. The second kappa shape index (κ2) is 7.93. The normalized spacial score (nSPS) is 17.9. The van der Waals surface area contributed by atoms with Crippen LogP contribution in [0.4, 0.5) is 0 Å². The Labute approximate surface area is 133 Å². The zero-order chi connectivity index (χ0) is 15.9. The molecular formula is C15H20N2O4S. The topological polar surface area (TPSA) is 75.7 Å². The first-order chi connectivity index (χ1) is 10.6. The van der Waals surface area contributed by atoms with E-state index in [1.165, 1.54) is 11.3 Å². The Morgan fingerprint density at radius 1 is 1.41 bits per heavy atom. The van der Waals surface area contributed by atoms with Crippen LogP contribution in [0.1, 0.15) is 35.9 Å². The highest BCUT2D eigenvalue weighted by Gasteiger charge is 2.23. The van der Waals surface area contributed by atoms with Crippen LogP contribution in [-0.4, -0.2) is 48.4 Å². The molecule has 6 nitrogen and oxygen atoms in total. The van der Waals surface area contributed by atoms with Gasteiger partial charge in [-0.3, -0.25) is 14.4 Å². The second-order valence-corrected chi connectivity index (χ2v) is 6.20. The van der Waals surface area contributed by atoms with E-state index in [1.54, 1.807) is 22.4 Å². The number of rotatable bonds is 5. The number of ether oxygens (including phenoxy) is 1. The smallest absolute Gasteiger partial charge is 0.325 e. The van der Waals surface area contributed by atoms with Gasteiger partial charge in [0.25, 0.3) is 11.8 Å². The average Bonchev–Trinajstić information content (AvgIpc) is 3.05. The Morgan fingerprint density at radius 3 is 2.91 bits per heavy atom. The number of hydrogen-bond acceptors (Lipinski definition) is 5. The highest BCUT2D eigenvalue weighted by molar-refractivity contribution is 7.12. The van der Waals surface area contributed by atoms with E-state index >= 15 is 0 Å². The molecule has 0 radical (unpaired) electrons. The van der Waals surface area contributed by atoms with Gasteiger partial charge >= 0.3 is 5.97 Å². The molecule has 0 saturated carbocycles. The molecule has 2 amide bonds. The third-order valence-corrected chi connectivity index (χ3v) is 4.49. The highest BCUT2D eigenvalue weighted by Crippen LogP contribution is 2.16. The Bertz CT molecular complexity index is 530. The first-order valence-electron chi connectivity index (χ1n) is 7.34. The maximum absolute atomic E-state index is 12.0. The van der Waals surface area contributed by atoms with E-state index in [2.05, 4.69) is 5.32 Å². The Balaban J connectivity index is 1.69. The third kappa shape index (κ3) is 4.56. The molecule has 0 spiro atoms. The van der Waals surface area contributed by atoms with Crippen molar-refractivity contribution in [3.8, 4) is 0 Å². The van der Waals surface area contributed by atoms with E-state index in [9.17, 15) is 14.4 Å². The summed E-state index contributed by atoms with van der Waals surface area (Å²) in [6, 6.07) is 3.63. The van der Waals surface area contributed by atoms with Crippen LogP contribution in [0.2, 0.25) is 0 Å². The average molecular weight is 324 g/mol. The zero-order valence-electron chi connectivity index (χ0n) is 12.5. The van der Waals surface area contributed by atoms with Gasteiger partial charge in [0.2, 0.25) is 0 Å². The minimum atomic E-state index is -0.608. The van der Waals surface area contributed by atoms with Crippen LogP contribution in [0.3, 0.4) is 0 Å². The highest BCUT2D eigenvalue weighted by atomic mass is 32.1. The molecule has 0 aliphatic carbocycles. The fourth-order valence-electron chi connectivity index (χ4n) is 2.39. The molecule has 2 rings (SSSR count). The van der Waals surface area contributed by atoms with Gasteiger partial charge in [-0.1, -0.05) is 6.07 Å². The lowest BCUT2D eigenvalue weighted by Gasteiger charge is -2.33. The molecule has 1 aromatic heterocycles. The van der Waals surface area contributed by atoms with E-state index in [1.807, 2.05) is 6.92 Å². The summed E-state index contributed by atoms with van der Waals surface area (Å²) in [5.41, 5.74) is 0. The Hall–Kier alpha value is -1.89. The summed E-state index contributed by atoms with van der Waals surface area (Å²) in [7, 11) is 0. The van der Waals surface area contributed by atoms with Crippen LogP contribution in [0, 0.1) is 0 Å².